The summed E-state index contributed by atoms with van der Waals surface area (Å²) in [7, 11) is 5.45. The number of benzene rings is 3. The van der Waals surface area contributed by atoms with Crippen molar-refractivity contribution in [3.63, 3.8) is 0 Å². The number of hydrogen-bond donors (Lipinski definition) is 1. The summed E-state index contributed by atoms with van der Waals surface area (Å²) >= 11 is 1.36. The van der Waals surface area contributed by atoms with Crippen molar-refractivity contribution in [2.45, 2.75) is 19.5 Å². The summed E-state index contributed by atoms with van der Waals surface area (Å²) in [6, 6.07) is 20.5. The smallest absolute Gasteiger partial charge is 0.299 e. The van der Waals surface area contributed by atoms with Gasteiger partial charge >= 0.3 is 0 Å². The third kappa shape index (κ3) is 6.26. The number of amides is 3. The molecule has 1 atom stereocenters. The highest BCUT2D eigenvalue weighted by Gasteiger charge is 2.38. The Morgan fingerprint density at radius 1 is 1.00 bits per heavy atom. The molecule has 2 heterocycles. The summed E-state index contributed by atoms with van der Waals surface area (Å²) in [6.07, 6.45) is 0. The molecule has 220 valence electrons. The van der Waals surface area contributed by atoms with Crippen LogP contribution in [0.5, 0.6) is 5.75 Å². The summed E-state index contributed by atoms with van der Waals surface area (Å²) in [5.74, 6) is -1.61. The zero-order valence-corrected chi connectivity index (χ0v) is 25.1. The van der Waals surface area contributed by atoms with Crippen LogP contribution >= 0.6 is 11.3 Å². The molecule has 3 amide bonds. The molecule has 5 rings (SSSR count). The molecule has 0 saturated heterocycles. The number of carbonyl (C=O) groups is 4. The van der Waals surface area contributed by atoms with Crippen LogP contribution in [0.25, 0.3) is 11.3 Å². The molecule has 1 aromatic heterocycles. The van der Waals surface area contributed by atoms with Crippen molar-refractivity contribution in [3.05, 3.63) is 88.7 Å². The lowest BCUT2D eigenvalue weighted by atomic mass is 10.1. The molecule has 11 heteroatoms. The van der Waals surface area contributed by atoms with E-state index in [2.05, 4.69) is 5.32 Å². The summed E-state index contributed by atoms with van der Waals surface area (Å²) in [5.41, 5.74) is 3.79. The molecular weight excluding hydrogens is 566 g/mol. The quantitative estimate of drug-likeness (QED) is 0.269. The van der Waals surface area contributed by atoms with E-state index in [1.165, 1.54) is 21.1 Å². The molecule has 0 bridgehead atoms. The molecule has 1 unspecified atom stereocenters. The minimum atomic E-state index is -0.919. The molecule has 0 fully saturated rings. The highest BCUT2D eigenvalue weighted by molar-refractivity contribution is 7.09. The largest absolute Gasteiger partial charge is 0.497 e. The van der Waals surface area contributed by atoms with Crippen LogP contribution in [-0.4, -0.2) is 67.2 Å². The third-order valence-corrected chi connectivity index (χ3v) is 8.07. The first kappa shape index (κ1) is 29.5. The minimum Gasteiger partial charge on any atom is -0.497 e. The number of ether oxygens (including phenoxy) is 1. The Balaban J connectivity index is 1.39. The van der Waals surface area contributed by atoms with Gasteiger partial charge in [-0.2, -0.15) is 0 Å². The van der Waals surface area contributed by atoms with Gasteiger partial charge in [-0.05, 0) is 67.6 Å². The van der Waals surface area contributed by atoms with Crippen LogP contribution in [0.15, 0.2) is 78.2 Å². The molecule has 1 aliphatic heterocycles. The lowest BCUT2D eigenvalue weighted by Gasteiger charge is -2.29. The number of anilines is 3. The highest BCUT2D eigenvalue weighted by Crippen LogP contribution is 2.29. The van der Waals surface area contributed by atoms with Crippen LogP contribution in [0.3, 0.4) is 0 Å². The van der Waals surface area contributed by atoms with Gasteiger partial charge in [0, 0.05) is 36.4 Å². The van der Waals surface area contributed by atoms with Crippen LogP contribution in [0.1, 0.15) is 22.3 Å². The number of thiazole rings is 1. The molecule has 0 aliphatic carbocycles. The van der Waals surface area contributed by atoms with Gasteiger partial charge in [-0.25, -0.2) is 4.98 Å². The normalized spacial score (nSPS) is 13.0. The standard InChI is InChI=1S/C32H31N5O5S/c1-20(31(40)33-22-11-13-23(14-12-22)35(2)3)36(17-28-34-26(19-43-28)21-9-15-24(42-4)16-10-21)29(38)18-37-27-8-6-5-7-25(27)30(39)32(37)41/h5-16,19-20H,17-18H2,1-4H3,(H,33,40). The van der Waals surface area contributed by atoms with Crippen molar-refractivity contribution in [2.24, 2.45) is 0 Å². The average molecular weight is 598 g/mol. The molecule has 1 N–H and O–H groups in total. The molecular formula is C32H31N5O5S. The van der Waals surface area contributed by atoms with Crippen LogP contribution in [0.2, 0.25) is 0 Å². The number of carbonyl (C=O) groups excluding carboxylic acids is 4. The fourth-order valence-electron chi connectivity index (χ4n) is 4.73. The number of ketones is 1. The van der Waals surface area contributed by atoms with E-state index in [1.807, 2.05) is 60.8 Å². The fourth-order valence-corrected chi connectivity index (χ4v) is 5.53. The van der Waals surface area contributed by atoms with Gasteiger partial charge in [-0.15, -0.1) is 11.3 Å². The highest BCUT2D eigenvalue weighted by atomic mass is 32.1. The van der Waals surface area contributed by atoms with E-state index in [0.29, 0.717) is 16.4 Å². The number of aromatic nitrogens is 1. The van der Waals surface area contributed by atoms with Gasteiger partial charge in [-0.3, -0.25) is 24.1 Å². The van der Waals surface area contributed by atoms with Gasteiger partial charge in [0.25, 0.3) is 11.7 Å². The zero-order chi connectivity index (χ0) is 30.7. The Morgan fingerprint density at radius 2 is 1.70 bits per heavy atom. The molecule has 4 aromatic rings. The number of methoxy groups -OCH3 is 1. The summed E-state index contributed by atoms with van der Waals surface area (Å²) < 4.78 is 5.24. The first-order valence-electron chi connectivity index (χ1n) is 13.6. The van der Waals surface area contributed by atoms with Gasteiger partial charge < -0.3 is 19.9 Å². The number of Topliss-reactive ketones (excluding diaryl/α,β-unsaturated/α-hetero) is 1. The molecule has 0 saturated carbocycles. The second-order valence-corrected chi connectivity index (χ2v) is 11.2. The van der Waals surface area contributed by atoms with E-state index < -0.39 is 36.1 Å². The lowest BCUT2D eigenvalue weighted by Crippen LogP contribution is -2.49. The monoisotopic (exact) mass is 597 g/mol. The molecule has 1 aliphatic rings. The van der Waals surface area contributed by atoms with Crippen LogP contribution in [0.4, 0.5) is 17.1 Å². The van der Waals surface area contributed by atoms with Gasteiger partial charge in [0.2, 0.25) is 11.8 Å². The van der Waals surface area contributed by atoms with Crippen molar-refractivity contribution in [1.29, 1.82) is 0 Å². The maximum Gasteiger partial charge on any atom is 0.299 e. The molecule has 0 spiro atoms. The SMILES string of the molecule is COc1ccc(-c2csc(CN(C(=O)CN3C(=O)C(=O)c4ccccc43)C(C)C(=O)Nc3ccc(N(C)C)cc3)n2)cc1. The Hall–Kier alpha value is -5.03. The predicted octanol–water partition coefficient (Wildman–Crippen LogP) is 4.47. The third-order valence-electron chi connectivity index (χ3n) is 7.23. The van der Waals surface area contributed by atoms with Crippen LogP contribution in [0, 0.1) is 0 Å². The Labute approximate surface area is 253 Å². The Bertz CT molecular complexity index is 1670. The fraction of sp³-hybridized carbons (Fsp3) is 0.219. The first-order chi connectivity index (χ1) is 20.7. The minimum absolute atomic E-state index is 0.0332. The average Bonchev–Trinajstić information content (AvgIpc) is 3.58. The van der Waals surface area contributed by atoms with E-state index in [9.17, 15) is 19.2 Å². The van der Waals surface area contributed by atoms with Crippen molar-refractivity contribution in [2.75, 3.05) is 42.9 Å². The molecule has 3 aromatic carbocycles. The Kier molecular flexibility index (Phi) is 8.53. The molecule has 43 heavy (non-hydrogen) atoms. The topological polar surface area (TPSA) is 112 Å². The zero-order valence-electron chi connectivity index (χ0n) is 24.2. The summed E-state index contributed by atoms with van der Waals surface area (Å²) in [5, 5.41) is 5.38. The van der Waals surface area contributed by atoms with Crippen molar-refractivity contribution < 1.29 is 23.9 Å². The lowest BCUT2D eigenvalue weighted by molar-refractivity contribution is -0.138. The summed E-state index contributed by atoms with van der Waals surface area (Å²) in [4.78, 5) is 61.8. The maximum absolute atomic E-state index is 13.8. The molecule has 10 nitrogen and oxygen atoms in total. The van der Waals surface area contributed by atoms with Crippen LogP contribution in [-0.2, 0) is 20.9 Å². The Morgan fingerprint density at radius 3 is 2.37 bits per heavy atom. The van der Waals surface area contributed by atoms with Gasteiger partial charge in [0.1, 0.15) is 23.3 Å². The number of rotatable bonds is 10. The van der Waals surface area contributed by atoms with Crippen molar-refractivity contribution in [1.82, 2.24) is 9.88 Å². The van der Waals surface area contributed by atoms with E-state index in [4.69, 9.17) is 9.72 Å². The van der Waals surface area contributed by atoms with Gasteiger partial charge in [-0.1, -0.05) is 12.1 Å². The van der Waals surface area contributed by atoms with Crippen molar-refractivity contribution in [3.8, 4) is 17.0 Å². The van der Waals surface area contributed by atoms with E-state index in [1.54, 1.807) is 50.4 Å². The second-order valence-electron chi connectivity index (χ2n) is 10.2. The number of para-hydroxylation sites is 1. The number of hydrogen-bond acceptors (Lipinski definition) is 8. The second kappa shape index (κ2) is 12.5. The van der Waals surface area contributed by atoms with E-state index in [0.717, 1.165) is 22.7 Å². The van der Waals surface area contributed by atoms with E-state index >= 15 is 0 Å². The number of fused-ring (bicyclic) bond motifs is 1. The van der Waals surface area contributed by atoms with Gasteiger partial charge in [0.05, 0.1) is 30.6 Å². The molecule has 0 radical (unpaired) electrons. The summed E-state index contributed by atoms with van der Waals surface area (Å²) in [6.45, 7) is 1.27. The maximum atomic E-state index is 13.8. The number of nitrogens with zero attached hydrogens (tertiary/aromatic N) is 4. The predicted molar refractivity (Wildman–Crippen MR) is 167 cm³/mol. The van der Waals surface area contributed by atoms with Crippen LogP contribution < -0.4 is 19.9 Å². The van der Waals surface area contributed by atoms with Gasteiger partial charge in [0.15, 0.2) is 0 Å². The van der Waals surface area contributed by atoms with Crippen molar-refractivity contribution >= 4 is 51.9 Å². The van der Waals surface area contributed by atoms with E-state index in [-0.39, 0.29) is 12.1 Å². The first-order valence-corrected chi connectivity index (χ1v) is 14.5. The number of nitrogens with one attached hydrogen (secondary N) is 1.